The van der Waals surface area contributed by atoms with E-state index in [4.69, 9.17) is 9.47 Å². The lowest BCUT2D eigenvalue weighted by atomic mass is 9.80. The van der Waals surface area contributed by atoms with E-state index in [1.54, 1.807) is 0 Å². The minimum absolute atomic E-state index is 0.0580. The van der Waals surface area contributed by atoms with Crippen LogP contribution in [-0.2, 0) is 15.3 Å². The fourth-order valence-electron chi connectivity index (χ4n) is 2.77. The van der Waals surface area contributed by atoms with Crippen LogP contribution >= 0.6 is 0 Å². The molecule has 0 aliphatic carbocycles. The summed E-state index contributed by atoms with van der Waals surface area (Å²) in [6.45, 7) is 11.6. The van der Waals surface area contributed by atoms with Gasteiger partial charge in [-0.25, -0.2) is 0 Å². The van der Waals surface area contributed by atoms with Gasteiger partial charge in [-0.3, -0.25) is 0 Å². The molecule has 2 heteroatoms. The third-order valence-electron chi connectivity index (χ3n) is 3.75. The van der Waals surface area contributed by atoms with Crippen LogP contribution in [0.15, 0.2) is 30.3 Å². The summed E-state index contributed by atoms with van der Waals surface area (Å²) in [7, 11) is 0. The van der Waals surface area contributed by atoms with E-state index in [0.29, 0.717) is 5.92 Å². The Labute approximate surface area is 110 Å². The number of hydrogen-bond donors (Lipinski definition) is 0. The minimum Gasteiger partial charge on any atom is -0.345 e. The standard InChI is InChI=1S/C16H24O2/c1-12(2)14-15(3,4)11-17-16(5,18-14)13-9-7-6-8-10-13/h6-10,12,14H,11H2,1-5H3/t14-,16+/m0/s1. The third-order valence-corrected chi connectivity index (χ3v) is 3.75. The fourth-order valence-corrected chi connectivity index (χ4v) is 2.77. The van der Waals surface area contributed by atoms with Crippen molar-refractivity contribution >= 4 is 0 Å². The molecule has 1 saturated heterocycles. The lowest BCUT2D eigenvalue weighted by Gasteiger charge is -2.49. The molecule has 2 nitrogen and oxygen atoms in total. The Bertz CT molecular complexity index is 397. The Balaban J connectivity index is 2.27. The van der Waals surface area contributed by atoms with E-state index in [1.807, 2.05) is 25.1 Å². The van der Waals surface area contributed by atoms with E-state index in [0.717, 1.165) is 12.2 Å². The Morgan fingerprint density at radius 3 is 2.28 bits per heavy atom. The highest BCUT2D eigenvalue weighted by Gasteiger charge is 2.46. The van der Waals surface area contributed by atoms with Crippen molar-refractivity contribution in [1.82, 2.24) is 0 Å². The Kier molecular flexibility index (Phi) is 3.52. The molecule has 1 aliphatic rings. The van der Waals surface area contributed by atoms with Crippen LogP contribution < -0.4 is 0 Å². The van der Waals surface area contributed by atoms with Crippen LogP contribution in [-0.4, -0.2) is 12.7 Å². The number of hydrogen-bond acceptors (Lipinski definition) is 2. The molecular formula is C16H24O2. The maximum absolute atomic E-state index is 6.31. The van der Waals surface area contributed by atoms with Crippen LogP contribution in [0, 0.1) is 11.3 Å². The summed E-state index contributed by atoms with van der Waals surface area (Å²) in [5.41, 5.74) is 1.15. The number of ether oxygens (including phenoxy) is 2. The van der Waals surface area contributed by atoms with Crippen molar-refractivity contribution in [3.05, 3.63) is 35.9 Å². The molecule has 0 amide bonds. The molecule has 0 N–H and O–H groups in total. The molecule has 0 spiro atoms. The van der Waals surface area contributed by atoms with E-state index >= 15 is 0 Å². The molecule has 2 rings (SSSR count). The van der Waals surface area contributed by atoms with Gasteiger partial charge in [-0.2, -0.15) is 0 Å². The second-order valence-corrected chi connectivity index (χ2v) is 6.37. The minimum atomic E-state index is -0.619. The van der Waals surface area contributed by atoms with E-state index in [1.165, 1.54) is 0 Å². The van der Waals surface area contributed by atoms with Crippen molar-refractivity contribution < 1.29 is 9.47 Å². The molecule has 1 fully saturated rings. The summed E-state index contributed by atoms with van der Waals surface area (Å²) in [4.78, 5) is 0. The molecule has 18 heavy (non-hydrogen) atoms. The normalized spacial score (nSPS) is 31.6. The fraction of sp³-hybridized carbons (Fsp3) is 0.625. The first-order chi connectivity index (χ1) is 8.35. The molecule has 0 radical (unpaired) electrons. The first kappa shape index (κ1) is 13.6. The summed E-state index contributed by atoms with van der Waals surface area (Å²) >= 11 is 0. The van der Waals surface area contributed by atoms with Gasteiger partial charge in [0.1, 0.15) is 0 Å². The largest absolute Gasteiger partial charge is 0.345 e. The third kappa shape index (κ3) is 2.45. The van der Waals surface area contributed by atoms with Crippen LogP contribution in [0.25, 0.3) is 0 Å². The molecule has 1 aliphatic heterocycles. The van der Waals surface area contributed by atoms with Gasteiger partial charge in [0, 0.05) is 11.0 Å². The highest BCUT2D eigenvalue weighted by Crippen LogP contribution is 2.42. The van der Waals surface area contributed by atoms with Crippen LogP contribution in [0.5, 0.6) is 0 Å². The second kappa shape index (κ2) is 4.67. The number of rotatable bonds is 2. The van der Waals surface area contributed by atoms with E-state index in [-0.39, 0.29) is 11.5 Å². The Morgan fingerprint density at radius 2 is 1.72 bits per heavy atom. The zero-order valence-electron chi connectivity index (χ0n) is 12.1. The first-order valence-electron chi connectivity index (χ1n) is 6.72. The summed E-state index contributed by atoms with van der Waals surface area (Å²) in [5.74, 6) is -0.141. The summed E-state index contributed by atoms with van der Waals surface area (Å²) in [6.07, 6.45) is 0.205. The first-order valence-corrected chi connectivity index (χ1v) is 6.72. The van der Waals surface area contributed by atoms with Crippen molar-refractivity contribution in [2.24, 2.45) is 11.3 Å². The second-order valence-electron chi connectivity index (χ2n) is 6.37. The van der Waals surface area contributed by atoms with Crippen molar-refractivity contribution in [3.8, 4) is 0 Å². The summed E-state index contributed by atoms with van der Waals surface area (Å²) in [5, 5.41) is 0. The van der Waals surface area contributed by atoms with Gasteiger partial charge in [0.05, 0.1) is 12.7 Å². The van der Waals surface area contributed by atoms with E-state index in [9.17, 15) is 0 Å². The SMILES string of the molecule is CC(C)[C@@H]1O[C@](C)(c2ccccc2)OCC1(C)C. The zero-order valence-corrected chi connectivity index (χ0v) is 12.1. The van der Waals surface area contributed by atoms with Gasteiger partial charge in [-0.1, -0.05) is 58.0 Å². The summed E-state index contributed by atoms with van der Waals surface area (Å²) < 4.78 is 12.3. The molecular weight excluding hydrogens is 224 g/mol. The number of benzene rings is 1. The van der Waals surface area contributed by atoms with Crippen molar-refractivity contribution in [3.63, 3.8) is 0 Å². The van der Waals surface area contributed by atoms with E-state index in [2.05, 4.69) is 39.8 Å². The lowest BCUT2D eigenvalue weighted by Crippen LogP contribution is -2.52. The maximum atomic E-state index is 6.31. The molecule has 0 aromatic heterocycles. The van der Waals surface area contributed by atoms with Crippen LogP contribution in [0.2, 0.25) is 0 Å². The van der Waals surface area contributed by atoms with Gasteiger partial charge in [0.25, 0.3) is 0 Å². The molecule has 100 valence electrons. The quantitative estimate of drug-likeness (QED) is 0.788. The van der Waals surface area contributed by atoms with Crippen molar-refractivity contribution in [2.75, 3.05) is 6.61 Å². The average Bonchev–Trinajstić information content (AvgIpc) is 2.33. The molecule has 1 aromatic rings. The molecule has 2 atom stereocenters. The predicted octanol–water partition coefficient (Wildman–Crippen LogP) is 3.96. The average molecular weight is 248 g/mol. The van der Waals surface area contributed by atoms with Gasteiger partial charge in [0.15, 0.2) is 5.79 Å². The predicted molar refractivity (Wildman–Crippen MR) is 73.2 cm³/mol. The van der Waals surface area contributed by atoms with E-state index < -0.39 is 5.79 Å². The molecule has 0 bridgehead atoms. The molecule has 1 aromatic carbocycles. The maximum Gasteiger partial charge on any atom is 0.192 e. The van der Waals surface area contributed by atoms with Gasteiger partial charge in [-0.15, -0.1) is 0 Å². The van der Waals surface area contributed by atoms with Crippen molar-refractivity contribution in [1.29, 1.82) is 0 Å². The molecule has 0 saturated carbocycles. The smallest absolute Gasteiger partial charge is 0.192 e. The van der Waals surface area contributed by atoms with Gasteiger partial charge in [-0.05, 0) is 12.8 Å². The summed E-state index contributed by atoms with van der Waals surface area (Å²) in [6, 6.07) is 10.2. The highest BCUT2D eigenvalue weighted by molar-refractivity contribution is 5.20. The molecule has 0 unspecified atom stereocenters. The van der Waals surface area contributed by atoms with Crippen molar-refractivity contribution in [2.45, 2.75) is 46.5 Å². The van der Waals surface area contributed by atoms with Gasteiger partial charge >= 0.3 is 0 Å². The van der Waals surface area contributed by atoms with Gasteiger partial charge in [0.2, 0.25) is 0 Å². The zero-order chi connectivity index (χ0) is 13.4. The van der Waals surface area contributed by atoms with Gasteiger partial charge < -0.3 is 9.47 Å². The van der Waals surface area contributed by atoms with Crippen LogP contribution in [0.1, 0.15) is 40.2 Å². The Hall–Kier alpha value is -0.860. The Morgan fingerprint density at radius 1 is 1.11 bits per heavy atom. The lowest BCUT2D eigenvalue weighted by molar-refractivity contribution is -0.337. The topological polar surface area (TPSA) is 18.5 Å². The van der Waals surface area contributed by atoms with Crippen LogP contribution in [0.3, 0.4) is 0 Å². The highest BCUT2D eigenvalue weighted by atomic mass is 16.7. The monoisotopic (exact) mass is 248 g/mol. The van der Waals surface area contributed by atoms with Crippen LogP contribution in [0.4, 0.5) is 0 Å². The molecule has 1 heterocycles.